The van der Waals surface area contributed by atoms with E-state index in [1.165, 1.54) is 77.3 Å². The van der Waals surface area contributed by atoms with E-state index < -0.39 is 0 Å². The first-order valence-corrected chi connectivity index (χ1v) is 8.58. The molecule has 3 atom stereocenters. The molecule has 0 bridgehead atoms. The van der Waals surface area contributed by atoms with Gasteiger partial charge in [0.25, 0.3) is 0 Å². The van der Waals surface area contributed by atoms with Crippen LogP contribution in [-0.4, -0.2) is 25.2 Å². The monoisotopic (exact) mass is 262 g/mol. The van der Waals surface area contributed by atoms with E-state index in [9.17, 15) is 0 Å². The normalized spacial score (nSPS) is 35.6. The first-order chi connectivity index (χ1) is 9.43. The second kappa shape index (κ2) is 6.90. The molecule has 2 nitrogen and oxygen atoms in total. The van der Waals surface area contributed by atoms with Gasteiger partial charge in [0.2, 0.25) is 0 Å². The molecule has 2 N–H and O–H groups in total. The summed E-state index contributed by atoms with van der Waals surface area (Å²) in [6, 6.07) is 1.59. The number of hydrogen-bond acceptors (Lipinski definition) is 2. The van der Waals surface area contributed by atoms with Gasteiger partial charge in [-0.05, 0) is 70.4 Å². The second-order valence-corrected chi connectivity index (χ2v) is 6.72. The van der Waals surface area contributed by atoms with Gasteiger partial charge in [0.15, 0.2) is 0 Å². The lowest BCUT2D eigenvalue weighted by Crippen LogP contribution is -2.47. The maximum atomic E-state index is 3.88. The largest absolute Gasteiger partial charge is 0.314 e. The van der Waals surface area contributed by atoms with Crippen molar-refractivity contribution in [3.05, 3.63) is 11.6 Å². The summed E-state index contributed by atoms with van der Waals surface area (Å²) in [7, 11) is 0. The number of piperidine rings is 1. The van der Waals surface area contributed by atoms with Crippen molar-refractivity contribution in [3.8, 4) is 0 Å². The van der Waals surface area contributed by atoms with Gasteiger partial charge in [0, 0.05) is 12.1 Å². The zero-order valence-electron chi connectivity index (χ0n) is 12.3. The minimum atomic E-state index is 0.789. The lowest BCUT2D eigenvalue weighted by atomic mass is 9.88. The van der Waals surface area contributed by atoms with Crippen molar-refractivity contribution in [1.29, 1.82) is 0 Å². The Kier molecular flexibility index (Phi) is 4.95. The van der Waals surface area contributed by atoms with Crippen molar-refractivity contribution >= 4 is 0 Å². The number of allylic oxidation sites excluding steroid dienone is 1. The highest BCUT2D eigenvalue weighted by Gasteiger charge is 2.33. The van der Waals surface area contributed by atoms with Crippen LogP contribution in [0, 0.1) is 5.92 Å². The molecule has 0 aromatic carbocycles. The van der Waals surface area contributed by atoms with E-state index in [0.29, 0.717) is 0 Å². The third kappa shape index (κ3) is 3.61. The molecule has 108 valence electrons. The van der Waals surface area contributed by atoms with Crippen LogP contribution in [0.4, 0.5) is 0 Å². The molecular weight excluding hydrogens is 232 g/mol. The van der Waals surface area contributed by atoms with Crippen LogP contribution in [0.25, 0.3) is 0 Å². The summed E-state index contributed by atoms with van der Waals surface area (Å²) in [5.74, 6) is 0.901. The molecule has 2 aliphatic carbocycles. The van der Waals surface area contributed by atoms with Gasteiger partial charge in [0.1, 0.15) is 0 Å². The van der Waals surface area contributed by atoms with Crippen LogP contribution < -0.4 is 10.6 Å². The minimum Gasteiger partial charge on any atom is -0.314 e. The van der Waals surface area contributed by atoms with E-state index in [2.05, 4.69) is 16.7 Å². The van der Waals surface area contributed by atoms with Gasteiger partial charge in [-0.3, -0.25) is 0 Å². The molecule has 1 aliphatic heterocycles. The second-order valence-electron chi connectivity index (χ2n) is 6.72. The van der Waals surface area contributed by atoms with E-state index in [0.717, 1.165) is 18.0 Å². The van der Waals surface area contributed by atoms with Crippen LogP contribution in [0.2, 0.25) is 0 Å². The van der Waals surface area contributed by atoms with Crippen molar-refractivity contribution in [2.45, 2.75) is 76.3 Å². The topological polar surface area (TPSA) is 24.1 Å². The number of hydrogen-bond donors (Lipinski definition) is 2. The predicted molar refractivity (Wildman–Crippen MR) is 81.3 cm³/mol. The molecule has 19 heavy (non-hydrogen) atoms. The van der Waals surface area contributed by atoms with Crippen LogP contribution in [0.15, 0.2) is 11.6 Å². The Morgan fingerprint density at radius 3 is 2.89 bits per heavy atom. The van der Waals surface area contributed by atoms with Crippen molar-refractivity contribution in [3.63, 3.8) is 0 Å². The average Bonchev–Trinajstić information content (AvgIpc) is 3.11. The molecule has 0 aromatic heterocycles. The Morgan fingerprint density at radius 1 is 1.11 bits per heavy atom. The van der Waals surface area contributed by atoms with E-state index in [-0.39, 0.29) is 0 Å². The predicted octanol–water partition coefficient (Wildman–Crippen LogP) is 3.39. The quantitative estimate of drug-likeness (QED) is 0.742. The Labute approximate surface area is 118 Å². The average molecular weight is 262 g/mol. The van der Waals surface area contributed by atoms with Gasteiger partial charge < -0.3 is 10.6 Å². The van der Waals surface area contributed by atoms with Gasteiger partial charge in [-0.15, -0.1) is 0 Å². The molecule has 3 aliphatic rings. The Hall–Kier alpha value is -0.340. The molecule has 0 radical (unpaired) electrons. The van der Waals surface area contributed by atoms with Crippen LogP contribution >= 0.6 is 0 Å². The van der Waals surface area contributed by atoms with E-state index in [4.69, 9.17) is 0 Å². The van der Waals surface area contributed by atoms with Gasteiger partial charge in [-0.2, -0.15) is 0 Å². The summed E-state index contributed by atoms with van der Waals surface area (Å²) >= 11 is 0. The summed E-state index contributed by atoms with van der Waals surface area (Å²) in [5.41, 5.74) is 1.71. The zero-order valence-corrected chi connectivity index (χ0v) is 12.3. The highest BCUT2D eigenvalue weighted by Crippen LogP contribution is 2.32. The molecule has 3 unspecified atom stereocenters. The summed E-state index contributed by atoms with van der Waals surface area (Å²) in [4.78, 5) is 0. The molecule has 0 spiro atoms. The van der Waals surface area contributed by atoms with Crippen molar-refractivity contribution < 1.29 is 0 Å². The molecular formula is C17H30N2. The molecule has 1 saturated carbocycles. The van der Waals surface area contributed by atoms with Crippen molar-refractivity contribution in [2.24, 2.45) is 5.92 Å². The third-order valence-corrected chi connectivity index (χ3v) is 5.42. The zero-order chi connectivity index (χ0) is 12.9. The summed E-state index contributed by atoms with van der Waals surface area (Å²) in [6.07, 6.45) is 16.4. The third-order valence-electron chi connectivity index (χ3n) is 5.42. The van der Waals surface area contributed by atoms with Crippen molar-refractivity contribution in [1.82, 2.24) is 10.6 Å². The lowest BCUT2D eigenvalue weighted by Gasteiger charge is -2.33. The summed E-state index contributed by atoms with van der Waals surface area (Å²) < 4.78 is 0. The van der Waals surface area contributed by atoms with Crippen LogP contribution in [-0.2, 0) is 0 Å². The fraction of sp³-hybridized carbons (Fsp3) is 0.882. The van der Waals surface area contributed by atoms with Gasteiger partial charge in [-0.1, -0.05) is 24.5 Å². The molecule has 1 heterocycles. The van der Waals surface area contributed by atoms with Gasteiger partial charge >= 0.3 is 0 Å². The molecule has 0 amide bonds. The maximum absolute atomic E-state index is 3.88. The van der Waals surface area contributed by atoms with Crippen LogP contribution in [0.5, 0.6) is 0 Å². The van der Waals surface area contributed by atoms with Gasteiger partial charge in [0.05, 0.1) is 0 Å². The van der Waals surface area contributed by atoms with E-state index in [1.807, 2.05) is 0 Å². The SMILES string of the molecule is C1=C(CCNC2CCCC2C2CCCCN2)CCC1. The summed E-state index contributed by atoms with van der Waals surface area (Å²) in [6.45, 7) is 2.46. The fourth-order valence-corrected chi connectivity index (χ4v) is 4.35. The lowest BCUT2D eigenvalue weighted by molar-refractivity contribution is 0.258. The van der Waals surface area contributed by atoms with E-state index in [1.54, 1.807) is 5.57 Å². The Bertz CT molecular complexity index is 304. The van der Waals surface area contributed by atoms with Crippen LogP contribution in [0.1, 0.15) is 64.2 Å². The fourth-order valence-electron chi connectivity index (χ4n) is 4.35. The van der Waals surface area contributed by atoms with Crippen LogP contribution in [0.3, 0.4) is 0 Å². The summed E-state index contributed by atoms with van der Waals surface area (Å²) in [5, 5.41) is 7.65. The first kappa shape index (κ1) is 13.6. The standard InChI is InChI=1S/C17H30N2/c1-2-7-14(6-1)11-13-19-17-10-5-8-15(17)16-9-3-4-12-18-16/h6,15-19H,1-5,7-13H2. The molecule has 3 rings (SSSR count). The minimum absolute atomic E-state index is 0.789. The first-order valence-electron chi connectivity index (χ1n) is 8.58. The number of nitrogens with one attached hydrogen (secondary N) is 2. The molecule has 1 saturated heterocycles. The van der Waals surface area contributed by atoms with Crippen molar-refractivity contribution in [2.75, 3.05) is 13.1 Å². The molecule has 2 heteroatoms. The van der Waals surface area contributed by atoms with E-state index >= 15 is 0 Å². The smallest absolute Gasteiger partial charge is 0.0110 e. The Morgan fingerprint density at radius 2 is 2.11 bits per heavy atom. The molecule has 0 aromatic rings. The molecule has 2 fully saturated rings. The Balaban J connectivity index is 1.43. The van der Waals surface area contributed by atoms with Gasteiger partial charge in [-0.25, -0.2) is 0 Å². The highest BCUT2D eigenvalue weighted by atomic mass is 15.0. The number of rotatable bonds is 5. The maximum Gasteiger partial charge on any atom is 0.0110 e. The highest BCUT2D eigenvalue weighted by molar-refractivity contribution is 5.07.